The van der Waals surface area contributed by atoms with Gasteiger partial charge < -0.3 is 0 Å². The second-order valence-electron chi connectivity index (χ2n) is 7.75. The highest BCUT2D eigenvalue weighted by Crippen LogP contribution is 2.47. The standard InChI is InChI=1S/C21H21F3N4O/c1-13-20(2)10-11-25-18(21(22,23)24)17(20)26-19(15-8-9-15)28(13)27-16(29)12-14-6-4-3-5-7-14/h3-7,10-11,15,17H,1,8-9,12H2,2H3,(H,27,29). The third kappa shape index (κ3) is 3.59. The summed E-state index contributed by atoms with van der Waals surface area (Å²) in [5.74, 6) is 0.150. The van der Waals surface area contributed by atoms with Gasteiger partial charge in [-0.25, -0.2) is 5.01 Å². The van der Waals surface area contributed by atoms with Gasteiger partial charge in [0, 0.05) is 17.8 Å². The molecule has 0 saturated heterocycles. The summed E-state index contributed by atoms with van der Waals surface area (Å²) in [7, 11) is 0. The largest absolute Gasteiger partial charge is 0.431 e. The van der Waals surface area contributed by atoms with E-state index in [1.807, 2.05) is 30.3 Å². The van der Waals surface area contributed by atoms with Gasteiger partial charge in [-0.3, -0.25) is 20.2 Å². The van der Waals surface area contributed by atoms with E-state index in [2.05, 4.69) is 22.0 Å². The fourth-order valence-corrected chi connectivity index (χ4v) is 3.66. The molecule has 2 unspecified atom stereocenters. The zero-order chi connectivity index (χ0) is 20.8. The van der Waals surface area contributed by atoms with Crippen LogP contribution < -0.4 is 5.43 Å². The van der Waals surface area contributed by atoms with Crippen LogP contribution in [0.1, 0.15) is 25.3 Å². The number of hydrogen-bond acceptors (Lipinski definition) is 4. The van der Waals surface area contributed by atoms with Gasteiger partial charge in [-0.15, -0.1) is 0 Å². The molecule has 0 bridgehead atoms. The average Bonchev–Trinajstić information content (AvgIpc) is 3.49. The number of carbonyl (C=O) groups is 1. The van der Waals surface area contributed by atoms with Crippen LogP contribution in [0.4, 0.5) is 13.2 Å². The number of amides is 1. The summed E-state index contributed by atoms with van der Waals surface area (Å²) in [5.41, 5.74) is 1.94. The van der Waals surface area contributed by atoms with Crippen molar-refractivity contribution in [2.24, 2.45) is 21.3 Å². The van der Waals surface area contributed by atoms with Crippen LogP contribution in [0.15, 0.2) is 64.9 Å². The summed E-state index contributed by atoms with van der Waals surface area (Å²) in [4.78, 5) is 20.7. The molecule has 8 heteroatoms. The minimum atomic E-state index is -4.59. The van der Waals surface area contributed by atoms with E-state index in [0.717, 1.165) is 24.6 Å². The lowest BCUT2D eigenvalue weighted by atomic mass is 9.74. The zero-order valence-corrected chi connectivity index (χ0v) is 15.9. The van der Waals surface area contributed by atoms with Crippen molar-refractivity contribution >= 4 is 17.5 Å². The SMILES string of the molecule is C=C1N(NC(=O)Cc2ccccc2)C(C2CC2)=NC2C(C(F)(F)F)=NC=CC12C. The Bertz CT molecular complexity index is 931. The molecule has 5 nitrogen and oxygen atoms in total. The van der Waals surface area contributed by atoms with Crippen molar-refractivity contribution in [2.75, 3.05) is 0 Å². The number of hydrogen-bond donors (Lipinski definition) is 1. The van der Waals surface area contributed by atoms with Crippen molar-refractivity contribution in [3.8, 4) is 0 Å². The maximum atomic E-state index is 13.6. The lowest BCUT2D eigenvalue weighted by molar-refractivity contribution is -0.123. The van der Waals surface area contributed by atoms with Crippen molar-refractivity contribution in [2.45, 2.75) is 38.4 Å². The van der Waals surface area contributed by atoms with Crippen molar-refractivity contribution in [3.05, 3.63) is 60.4 Å². The molecular weight excluding hydrogens is 381 g/mol. The van der Waals surface area contributed by atoms with E-state index in [4.69, 9.17) is 0 Å². The average molecular weight is 402 g/mol. The molecule has 1 aromatic carbocycles. The number of benzene rings is 1. The first-order valence-corrected chi connectivity index (χ1v) is 9.43. The number of aliphatic imine (C=N–C) groups is 2. The topological polar surface area (TPSA) is 57.1 Å². The molecule has 2 heterocycles. The highest BCUT2D eigenvalue weighted by molar-refractivity contribution is 6.01. The monoisotopic (exact) mass is 402 g/mol. The third-order valence-corrected chi connectivity index (χ3v) is 5.52. The first-order chi connectivity index (χ1) is 13.7. The molecule has 1 aliphatic carbocycles. The highest BCUT2D eigenvalue weighted by atomic mass is 19.4. The molecule has 0 spiro atoms. The Morgan fingerprint density at radius 1 is 1.31 bits per heavy atom. The van der Waals surface area contributed by atoms with Crippen LogP contribution in [0.2, 0.25) is 0 Å². The molecule has 1 amide bonds. The second-order valence-corrected chi connectivity index (χ2v) is 7.75. The van der Waals surface area contributed by atoms with E-state index in [9.17, 15) is 18.0 Å². The third-order valence-electron chi connectivity index (χ3n) is 5.52. The molecule has 1 fully saturated rings. The number of carbonyl (C=O) groups excluding carboxylic acids is 1. The minimum absolute atomic E-state index is 0.00807. The zero-order valence-electron chi connectivity index (χ0n) is 15.9. The van der Waals surface area contributed by atoms with E-state index in [-0.39, 0.29) is 18.2 Å². The van der Waals surface area contributed by atoms with Gasteiger partial charge in [0.25, 0.3) is 0 Å². The molecule has 0 aromatic heterocycles. The maximum Gasteiger partial charge on any atom is 0.431 e. The molecule has 2 atom stereocenters. The lowest BCUT2D eigenvalue weighted by Gasteiger charge is -2.46. The molecule has 29 heavy (non-hydrogen) atoms. The van der Waals surface area contributed by atoms with Gasteiger partial charge in [0.1, 0.15) is 17.6 Å². The van der Waals surface area contributed by atoms with E-state index in [1.165, 1.54) is 5.01 Å². The Balaban J connectivity index is 1.65. The predicted octanol–water partition coefficient (Wildman–Crippen LogP) is 3.80. The normalized spacial score (nSPS) is 26.6. The Kier molecular flexibility index (Phi) is 4.59. The summed E-state index contributed by atoms with van der Waals surface area (Å²) in [5, 5.41) is 1.49. The Morgan fingerprint density at radius 2 is 2.00 bits per heavy atom. The van der Waals surface area contributed by atoms with Crippen LogP contribution >= 0.6 is 0 Å². The Labute approximate surface area is 166 Å². The van der Waals surface area contributed by atoms with Crippen molar-refractivity contribution in [1.29, 1.82) is 0 Å². The van der Waals surface area contributed by atoms with Gasteiger partial charge in [0.2, 0.25) is 5.91 Å². The van der Waals surface area contributed by atoms with E-state index < -0.39 is 23.3 Å². The van der Waals surface area contributed by atoms with Crippen LogP contribution in [-0.2, 0) is 11.2 Å². The number of alkyl halides is 3. The van der Waals surface area contributed by atoms with Gasteiger partial charge in [-0.1, -0.05) is 43.0 Å². The molecule has 1 saturated carbocycles. The summed E-state index contributed by atoms with van der Waals surface area (Å²) in [6.45, 7) is 5.68. The van der Waals surface area contributed by atoms with Crippen molar-refractivity contribution in [3.63, 3.8) is 0 Å². The molecule has 152 valence electrons. The Hall–Kier alpha value is -2.90. The number of rotatable bonds is 4. The number of fused-ring (bicyclic) bond motifs is 1. The van der Waals surface area contributed by atoms with Crippen LogP contribution in [0.5, 0.6) is 0 Å². The minimum Gasteiger partial charge on any atom is -0.273 e. The maximum absolute atomic E-state index is 13.6. The fraction of sp³-hybridized carbons (Fsp3) is 0.381. The van der Waals surface area contributed by atoms with Crippen LogP contribution in [0, 0.1) is 11.3 Å². The van der Waals surface area contributed by atoms with Crippen molar-refractivity contribution < 1.29 is 18.0 Å². The first-order valence-electron chi connectivity index (χ1n) is 9.43. The molecule has 0 radical (unpaired) electrons. The van der Waals surface area contributed by atoms with E-state index in [1.54, 1.807) is 13.0 Å². The van der Waals surface area contributed by atoms with E-state index in [0.29, 0.717) is 11.5 Å². The lowest BCUT2D eigenvalue weighted by Crippen LogP contribution is -2.58. The summed E-state index contributed by atoms with van der Waals surface area (Å²) < 4.78 is 40.7. The molecule has 4 rings (SSSR count). The van der Waals surface area contributed by atoms with Crippen LogP contribution in [0.25, 0.3) is 0 Å². The van der Waals surface area contributed by atoms with E-state index >= 15 is 0 Å². The van der Waals surface area contributed by atoms with Crippen molar-refractivity contribution in [1.82, 2.24) is 10.4 Å². The molecule has 1 N–H and O–H groups in total. The molecule has 1 aromatic rings. The fourth-order valence-electron chi connectivity index (χ4n) is 3.66. The number of halogens is 3. The molecular formula is C21H21F3N4O. The number of nitrogens with one attached hydrogen (secondary N) is 1. The van der Waals surface area contributed by atoms with Gasteiger partial charge in [0.05, 0.1) is 11.8 Å². The first kappa shape index (κ1) is 19.4. The van der Waals surface area contributed by atoms with Crippen LogP contribution in [-0.4, -0.2) is 34.7 Å². The van der Waals surface area contributed by atoms with Gasteiger partial charge in [-0.2, -0.15) is 13.2 Å². The summed E-state index contributed by atoms with van der Waals surface area (Å²) in [6, 6.07) is 8.02. The smallest absolute Gasteiger partial charge is 0.273 e. The van der Waals surface area contributed by atoms with Crippen LogP contribution in [0.3, 0.4) is 0 Å². The number of hydrazine groups is 1. The Morgan fingerprint density at radius 3 is 2.62 bits per heavy atom. The van der Waals surface area contributed by atoms with Gasteiger partial charge in [-0.05, 0) is 25.3 Å². The quantitative estimate of drug-likeness (QED) is 0.833. The second kappa shape index (κ2) is 6.86. The molecule has 2 aliphatic heterocycles. The van der Waals surface area contributed by atoms with Gasteiger partial charge in [0.15, 0.2) is 0 Å². The number of nitrogens with zero attached hydrogens (tertiary/aromatic N) is 3. The highest BCUT2D eigenvalue weighted by Gasteiger charge is 2.55. The molecule has 3 aliphatic rings. The summed E-state index contributed by atoms with van der Waals surface area (Å²) in [6.07, 6.45) is -0.101. The van der Waals surface area contributed by atoms with Gasteiger partial charge >= 0.3 is 6.18 Å². The predicted molar refractivity (Wildman–Crippen MR) is 104 cm³/mol. The number of amidine groups is 1. The summed E-state index contributed by atoms with van der Waals surface area (Å²) >= 11 is 0.